The molecule has 0 spiro atoms. The molecular weight excluding hydrogens is 389 g/mol. The molecule has 0 aromatic heterocycles. The fourth-order valence-corrected chi connectivity index (χ4v) is 5.83. The van der Waals surface area contributed by atoms with Gasteiger partial charge in [-0.2, -0.15) is 0 Å². The molecule has 0 bridgehead atoms. The number of piperidine rings is 1. The van der Waals surface area contributed by atoms with Crippen molar-refractivity contribution in [2.75, 3.05) is 44.7 Å². The van der Waals surface area contributed by atoms with Crippen LogP contribution in [-0.4, -0.2) is 56.6 Å². The fourth-order valence-electron chi connectivity index (χ4n) is 5.83. The smallest absolute Gasteiger partial charge is 0.227 e. The fraction of sp³-hybridized carbons (Fsp3) is 0.500. The topological polar surface area (TPSA) is 23.6 Å². The number of likely N-dealkylation sites (tertiary alicyclic amines) is 1. The van der Waals surface area contributed by atoms with Crippen molar-refractivity contribution in [1.29, 1.82) is 0 Å². The Hall–Kier alpha value is -2.24. The van der Waals surface area contributed by atoms with Crippen molar-refractivity contribution in [3.05, 3.63) is 59.4 Å². The van der Waals surface area contributed by atoms with Gasteiger partial charge in [0, 0.05) is 69.2 Å². The molecule has 2 aromatic rings. The standard InChI is InChI=1S/C26H33FN3O/c1-30(18-13-21-6-9-23(19-25(21)30)29-14-2-3-26(29)31)24-11-16-28(17-12-24)15-10-20-4-7-22(27)8-5-20/h4-9,19,24H,2-3,10-18H2,1H3/q+1. The summed E-state index contributed by atoms with van der Waals surface area (Å²) in [7, 11) is 2.40. The maximum absolute atomic E-state index is 13.1. The zero-order chi connectivity index (χ0) is 21.4. The van der Waals surface area contributed by atoms with E-state index in [9.17, 15) is 9.18 Å². The summed E-state index contributed by atoms with van der Waals surface area (Å²) in [5.74, 6) is 0.103. The van der Waals surface area contributed by atoms with Crippen LogP contribution in [0.1, 0.15) is 36.8 Å². The Morgan fingerprint density at radius 1 is 1.03 bits per heavy atom. The highest BCUT2D eigenvalue weighted by Gasteiger charge is 2.42. The number of halogens is 1. The SMILES string of the molecule is C[N+]1(C2CCN(CCc3ccc(F)cc3)CC2)CCc2ccc(N3CCCC3=O)cc21. The Kier molecular flexibility index (Phi) is 5.57. The van der Waals surface area contributed by atoms with Gasteiger partial charge in [-0.3, -0.25) is 9.28 Å². The van der Waals surface area contributed by atoms with Crippen molar-refractivity contribution >= 4 is 17.3 Å². The molecule has 0 aliphatic carbocycles. The molecule has 164 valence electrons. The third-order valence-electron chi connectivity index (χ3n) is 7.84. The first-order chi connectivity index (χ1) is 15.0. The Labute approximate surface area is 184 Å². The van der Waals surface area contributed by atoms with Gasteiger partial charge >= 0.3 is 0 Å². The first-order valence-corrected chi connectivity index (χ1v) is 11.8. The lowest BCUT2D eigenvalue weighted by molar-refractivity contribution is -0.117. The van der Waals surface area contributed by atoms with Crippen molar-refractivity contribution in [2.24, 2.45) is 0 Å². The average molecular weight is 423 g/mol. The van der Waals surface area contributed by atoms with E-state index in [1.807, 2.05) is 17.0 Å². The summed E-state index contributed by atoms with van der Waals surface area (Å²) in [6.07, 6.45) is 6.16. The molecule has 2 saturated heterocycles. The quantitative estimate of drug-likeness (QED) is 0.676. The van der Waals surface area contributed by atoms with Crippen LogP contribution in [0.25, 0.3) is 0 Å². The van der Waals surface area contributed by atoms with E-state index in [0.717, 1.165) is 62.2 Å². The molecule has 2 aromatic carbocycles. The molecule has 0 radical (unpaired) electrons. The summed E-state index contributed by atoms with van der Waals surface area (Å²) in [5, 5.41) is 0. The van der Waals surface area contributed by atoms with Crippen LogP contribution in [0.4, 0.5) is 15.8 Å². The van der Waals surface area contributed by atoms with E-state index in [1.165, 1.54) is 29.7 Å². The van der Waals surface area contributed by atoms with Crippen molar-refractivity contribution in [3.8, 4) is 0 Å². The normalized spacial score (nSPS) is 24.7. The molecule has 0 N–H and O–H groups in total. The number of anilines is 1. The minimum Gasteiger partial charge on any atom is -0.312 e. The maximum Gasteiger partial charge on any atom is 0.227 e. The van der Waals surface area contributed by atoms with Crippen molar-refractivity contribution in [2.45, 2.75) is 44.6 Å². The number of hydrogen-bond donors (Lipinski definition) is 0. The summed E-state index contributed by atoms with van der Waals surface area (Å²) in [4.78, 5) is 16.8. The summed E-state index contributed by atoms with van der Waals surface area (Å²) in [6.45, 7) is 5.30. The Morgan fingerprint density at radius 2 is 1.81 bits per heavy atom. The third kappa shape index (κ3) is 4.01. The number of carbonyl (C=O) groups is 1. The van der Waals surface area contributed by atoms with E-state index in [0.29, 0.717) is 12.5 Å². The van der Waals surface area contributed by atoms with Crippen LogP contribution in [0.3, 0.4) is 0 Å². The molecule has 3 aliphatic heterocycles. The second kappa shape index (κ2) is 8.36. The molecule has 5 rings (SSSR count). The number of hydrogen-bond acceptors (Lipinski definition) is 2. The average Bonchev–Trinajstić information content (AvgIpc) is 3.37. The van der Waals surface area contributed by atoms with Crippen LogP contribution >= 0.6 is 0 Å². The number of fused-ring (bicyclic) bond motifs is 1. The van der Waals surface area contributed by atoms with Crippen LogP contribution in [0, 0.1) is 5.82 Å². The summed E-state index contributed by atoms with van der Waals surface area (Å²) >= 11 is 0. The van der Waals surface area contributed by atoms with E-state index >= 15 is 0 Å². The van der Waals surface area contributed by atoms with Crippen molar-refractivity contribution in [1.82, 2.24) is 9.38 Å². The van der Waals surface area contributed by atoms with Crippen LogP contribution in [0.5, 0.6) is 0 Å². The van der Waals surface area contributed by atoms with Crippen LogP contribution in [0.15, 0.2) is 42.5 Å². The highest BCUT2D eigenvalue weighted by Crippen LogP contribution is 2.41. The summed E-state index contributed by atoms with van der Waals surface area (Å²) in [6, 6.07) is 14.3. The van der Waals surface area contributed by atoms with Crippen molar-refractivity contribution < 1.29 is 9.18 Å². The number of nitrogens with zero attached hydrogens (tertiary/aromatic N) is 3. The van der Waals surface area contributed by atoms with Gasteiger partial charge < -0.3 is 9.80 Å². The molecule has 2 fully saturated rings. The number of benzene rings is 2. The van der Waals surface area contributed by atoms with Gasteiger partial charge in [0.2, 0.25) is 5.91 Å². The number of carbonyl (C=O) groups excluding carboxylic acids is 1. The van der Waals surface area contributed by atoms with E-state index in [2.05, 4.69) is 30.1 Å². The molecule has 1 amide bonds. The lowest BCUT2D eigenvalue weighted by atomic mass is 9.99. The number of quaternary nitrogens is 1. The largest absolute Gasteiger partial charge is 0.312 e. The van der Waals surface area contributed by atoms with Gasteiger partial charge in [-0.05, 0) is 36.6 Å². The molecule has 31 heavy (non-hydrogen) atoms. The maximum atomic E-state index is 13.1. The van der Waals surface area contributed by atoms with Crippen LogP contribution in [0.2, 0.25) is 0 Å². The predicted molar refractivity (Wildman–Crippen MR) is 124 cm³/mol. The highest BCUT2D eigenvalue weighted by molar-refractivity contribution is 5.95. The lowest BCUT2D eigenvalue weighted by Crippen LogP contribution is -2.56. The van der Waals surface area contributed by atoms with Gasteiger partial charge in [-0.15, -0.1) is 0 Å². The molecule has 3 heterocycles. The summed E-state index contributed by atoms with van der Waals surface area (Å²) in [5.41, 5.74) is 5.18. The molecule has 4 nitrogen and oxygen atoms in total. The second-order valence-electron chi connectivity index (χ2n) is 9.65. The number of likely N-dealkylation sites (N-methyl/N-ethyl adjacent to an activating group) is 1. The van der Waals surface area contributed by atoms with Crippen LogP contribution in [-0.2, 0) is 17.6 Å². The Balaban J connectivity index is 1.24. The molecule has 1 atom stereocenters. The Morgan fingerprint density at radius 3 is 2.52 bits per heavy atom. The lowest BCUT2D eigenvalue weighted by Gasteiger charge is -2.43. The summed E-state index contributed by atoms with van der Waals surface area (Å²) < 4.78 is 14.1. The predicted octanol–water partition coefficient (Wildman–Crippen LogP) is 4.15. The molecule has 5 heteroatoms. The molecule has 1 unspecified atom stereocenters. The zero-order valence-electron chi connectivity index (χ0n) is 18.5. The van der Waals surface area contributed by atoms with Gasteiger partial charge in [0.05, 0.1) is 19.6 Å². The molecule has 0 saturated carbocycles. The van der Waals surface area contributed by atoms with Crippen molar-refractivity contribution in [3.63, 3.8) is 0 Å². The van der Waals surface area contributed by atoms with Gasteiger partial charge in [0.1, 0.15) is 11.5 Å². The van der Waals surface area contributed by atoms with E-state index in [4.69, 9.17) is 0 Å². The van der Waals surface area contributed by atoms with E-state index < -0.39 is 0 Å². The Bertz CT molecular complexity index is 952. The van der Waals surface area contributed by atoms with Gasteiger partial charge in [-0.25, -0.2) is 4.39 Å². The van der Waals surface area contributed by atoms with E-state index in [-0.39, 0.29) is 11.7 Å². The first kappa shape index (κ1) is 20.7. The van der Waals surface area contributed by atoms with Gasteiger partial charge in [0.25, 0.3) is 0 Å². The third-order valence-corrected chi connectivity index (χ3v) is 7.84. The van der Waals surface area contributed by atoms with Gasteiger partial charge in [0.15, 0.2) is 0 Å². The molecular formula is C26H33FN3O+. The second-order valence-corrected chi connectivity index (χ2v) is 9.65. The number of amides is 1. The first-order valence-electron chi connectivity index (χ1n) is 11.8. The van der Waals surface area contributed by atoms with Gasteiger partial charge in [-0.1, -0.05) is 18.2 Å². The number of rotatable bonds is 5. The monoisotopic (exact) mass is 422 g/mol. The minimum absolute atomic E-state index is 0.162. The van der Waals surface area contributed by atoms with E-state index in [1.54, 1.807) is 12.1 Å². The zero-order valence-corrected chi connectivity index (χ0v) is 18.5. The highest BCUT2D eigenvalue weighted by atomic mass is 19.1. The minimum atomic E-state index is -0.162. The van der Waals surface area contributed by atoms with Crippen LogP contribution < -0.4 is 9.38 Å². The molecule has 3 aliphatic rings.